The van der Waals surface area contributed by atoms with E-state index >= 15 is 0 Å². The summed E-state index contributed by atoms with van der Waals surface area (Å²) in [7, 11) is 1.39. The fourth-order valence-corrected chi connectivity index (χ4v) is 1.34. The number of halogens is 1. The predicted octanol–water partition coefficient (Wildman–Crippen LogP) is 1.72. The van der Waals surface area contributed by atoms with Crippen LogP contribution >= 0.6 is 12.4 Å². The largest absolute Gasteiger partial charge is 0.492 e. The van der Waals surface area contributed by atoms with E-state index in [0.29, 0.717) is 13.2 Å². The van der Waals surface area contributed by atoms with Gasteiger partial charge in [0.25, 0.3) is 0 Å². The number of hydrogen-bond donors (Lipinski definition) is 1. The van der Waals surface area contributed by atoms with E-state index in [0.717, 1.165) is 11.3 Å². The van der Waals surface area contributed by atoms with Crippen LogP contribution in [0.2, 0.25) is 0 Å². The summed E-state index contributed by atoms with van der Waals surface area (Å²) >= 11 is 0. The Hall–Kier alpha value is -1.26. The number of carbonyl (C=O) groups excluding carboxylic acids is 1. The van der Waals surface area contributed by atoms with Crippen molar-refractivity contribution in [2.45, 2.75) is 12.8 Å². The van der Waals surface area contributed by atoms with Crippen molar-refractivity contribution in [3.8, 4) is 5.75 Å². The molecule has 1 aromatic carbocycles. The molecule has 1 rings (SSSR count). The van der Waals surface area contributed by atoms with Crippen molar-refractivity contribution in [1.82, 2.24) is 0 Å². The van der Waals surface area contributed by atoms with E-state index in [4.69, 9.17) is 10.5 Å². The lowest BCUT2D eigenvalue weighted by atomic mass is 10.0. The summed E-state index contributed by atoms with van der Waals surface area (Å²) in [5, 5.41) is 0. The van der Waals surface area contributed by atoms with Crippen LogP contribution in [0.4, 0.5) is 0 Å². The Labute approximate surface area is 108 Å². The van der Waals surface area contributed by atoms with Crippen molar-refractivity contribution in [2.75, 3.05) is 20.3 Å². The molecule has 96 valence electrons. The first-order chi connectivity index (χ1) is 7.69. The van der Waals surface area contributed by atoms with Crippen LogP contribution in [0.5, 0.6) is 5.75 Å². The van der Waals surface area contributed by atoms with E-state index in [1.54, 1.807) is 0 Å². The fourth-order valence-electron chi connectivity index (χ4n) is 1.34. The molecule has 1 unspecified atom stereocenters. The number of carbonyl (C=O) groups is 1. The zero-order valence-electron chi connectivity index (χ0n) is 10.0. The van der Waals surface area contributed by atoms with Gasteiger partial charge in [-0.3, -0.25) is 4.79 Å². The molecule has 0 aliphatic rings. The zero-order chi connectivity index (χ0) is 12.0. The first-order valence-corrected chi connectivity index (χ1v) is 5.19. The molecule has 0 aliphatic carbocycles. The number of rotatable bonds is 5. The average molecular weight is 260 g/mol. The van der Waals surface area contributed by atoms with Crippen LogP contribution in [0.1, 0.15) is 18.4 Å². The van der Waals surface area contributed by atoms with Gasteiger partial charge in [0, 0.05) is 6.54 Å². The minimum absolute atomic E-state index is 0. The Kier molecular flexibility index (Phi) is 7.34. The van der Waals surface area contributed by atoms with E-state index in [1.807, 2.05) is 31.2 Å². The summed E-state index contributed by atoms with van der Waals surface area (Å²) in [6.45, 7) is 2.79. The molecular weight excluding hydrogens is 242 g/mol. The molecule has 1 atom stereocenters. The molecule has 0 aromatic heterocycles. The Morgan fingerprint density at radius 2 is 1.94 bits per heavy atom. The van der Waals surface area contributed by atoms with Crippen LogP contribution in [-0.4, -0.2) is 26.2 Å². The van der Waals surface area contributed by atoms with Crippen molar-refractivity contribution in [3.63, 3.8) is 0 Å². The van der Waals surface area contributed by atoms with Gasteiger partial charge >= 0.3 is 5.97 Å². The fraction of sp³-hybridized carbons (Fsp3) is 0.417. The summed E-state index contributed by atoms with van der Waals surface area (Å²) in [4.78, 5) is 11.3. The highest BCUT2D eigenvalue weighted by Gasteiger charge is 2.14. The van der Waals surface area contributed by atoms with Gasteiger partial charge in [-0.25, -0.2) is 0 Å². The van der Waals surface area contributed by atoms with Crippen LogP contribution in [0.25, 0.3) is 0 Å². The maximum absolute atomic E-state index is 11.3. The van der Waals surface area contributed by atoms with Gasteiger partial charge in [0.1, 0.15) is 12.4 Å². The molecule has 0 fully saturated rings. The third-order valence-electron chi connectivity index (χ3n) is 2.32. The van der Waals surface area contributed by atoms with Gasteiger partial charge in [-0.15, -0.1) is 12.4 Å². The first-order valence-electron chi connectivity index (χ1n) is 5.19. The second-order valence-electron chi connectivity index (χ2n) is 3.45. The maximum Gasteiger partial charge on any atom is 0.312 e. The standard InChI is InChI=1S/C12H17NO3.ClH/c1-9(12(14)15-2)10-3-5-11(6-4-10)16-8-7-13;/h3-6,9H,7-8,13H2,1-2H3;1H. The lowest BCUT2D eigenvalue weighted by Gasteiger charge is -2.10. The summed E-state index contributed by atoms with van der Waals surface area (Å²) in [6, 6.07) is 7.36. The van der Waals surface area contributed by atoms with Gasteiger partial charge < -0.3 is 15.2 Å². The molecule has 0 aliphatic heterocycles. The van der Waals surface area contributed by atoms with Crippen molar-refractivity contribution in [2.24, 2.45) is 5.73 Å². The first kappa shape index (κ1) is 15.7. The molecule has 2 N–H and O–H groups in total. The normalized spacial score (nSPS) is 11.2. The SMILES string of the molecule is COC(=O)C(C)c1ccc(OCCN)cc1.Cl. The van der Waals surface area contributed by atoms with Gasteiger partial charge in [0.05, 0.1) is 13.0 Å². The van der Waals surface area contributed by atoms with E-state index < -0.39 is 0 Å². The second-order valence-corrected chi connectivity index (χ2v) is 3.45. The lowest BCUT2D eigenvalue weighted by Crippen LogP contribution is -2.12. The Bertz CT molecular complexity index is 340. The van der Waals surface area contributed by atoms with Crippen molar-refractivity contribution in [3.05, 3.63) is 29.8 Å². The number of nitrogens with two attached hydrogens (primary N) is 1. The smallest absolute Gasteiger partial charge is 0.312 e. The minimum Gasteiger partial charge on any atom is -0.492 e. The molecule has 0 spiro atoms. The van der Waals surface area contributed by atoms with Gasteiger partial charge in [0.15, 0.2) is 0 Å². The van der Waals surface area contributed by atoms with Crippen molar-refractivity contribution < 1.29 is 14.3 Å². The molecule has 1 aromatic rings. The summed E-state index contributed by atoms with van der Waals surface area (Å²) < 4.78 is 10.0. The third-order valence-corrected chi connectivity index (χ3v) is 2.32. The Balaban J connectivity index is 0.00000256. The summed E-state index contributed by atoms with van der Waals surface area (Å²) in [6.07, 6.45) is 0. The molecule has 0 saturated carbocycles. The van der Waals surface area contributed by atoms with Gasteiger partial charge in [0.2, 0.25) is 0 Å². The molecule has 0 saturated heterocycles. The van der Waals surface area contributed by atoms with E-state index in [-0.39, 0.29) is 24.3 Å². The Morgan fingerprint density at radius 3 is 2.41 bits per heavy atom. The number of benzene rings is 1. The molecular formula is C12H18ClNO3. The summed E-state index contributed by atoms with van der Waals surface area (Å²) in [5.41, 5.74) is 6.24. The third kappa shape index (κ3) is 4.63. The van der Waals surface area contributed by atoms with Crippen LogP contribution in [0.15, 0.2) is 24.3 Å². The van der Waals surface area contributed by atoms with Crippen LogP contribution in [0, 0.1) is 0 Å². The van der Waals surface area contributed by atoms with Gasteiger partial charge in [-0.05, 0) is 24.6 Å². The quantitative estimate of drug-likeness (QED) is 0.818. The van der Waals surface area contributed by atoms with Crippen LogP contribution < -0.4 is 10.5 Å². The van der Waals surface area contributed by atoms with Gasteiger partial charge in [-0.2, -0.15) is 0 Å². The van der Waals surface area contributed by atoms with Crippen LogP contribution in [-0.2, 0) is 9.53 Å². The number of methoxy groups -OCH3 is 1. The minimum atomic E-state index is -0.256. The van der Waals surface area contributed by atoms with E-state index in [1.165, 1.54) is 7.11 Å². The van der Waals surface area contributed by atoms with Crippen molar-refractivity contribution >= 4 is 18.4 Å². The number of ether oxygens (including phenoxy) is 2. The van der Waals surface area contributed by atoms with Gasteiger partial charge in [-0.1, -0.05) is 12.1 Å². The monoisotopic (exact) mass is 259 g/mol. The maximum atomic E-state index is 11.3. The van der Waals surface area contributed by atoms with E-state index in [2.05, 4.69) is 4.74 Å². The topological polar surface area (TPSA) is 61.5 Å². The number of esters is 1. The summed E-state index contributed by atoms with van der Waals surface area (Å²) in [5.74, 6) is 0.260. The van der Waals surface area contributed by atoms with Crippen LogP contribution in [0.3, 0.4) is 0 Å². The lowest BCUT2D eigenvalue weighted by molar-refractivity contribution is -0.141. The zero-order valence-corrected chi connectivity index (χ0v) is 10.8. The molecule has 17 heavy (non-hydrogen) atoms. The highest BCUT2D eigenvalue weighted by Crippen LogP contribution is 2.20. The Morgan fingerprint density at radius 1 is 1.35 bits per heavy atom. The van der Waals surface area contributed by atoms with Crippen molar-refractivity contribution in [1.29, 1.82) is 0 Å². The average Bonchev–Trinajstić information content (AvgIpc) is 2.35. The second kappa shape index (κ2) is 7.92. The predicted molar refractivity (Wildman–Crippen MR) is 68.7 cm³/mol. The molecule has 4 nitrogen and oxygen atoms in total. The van der Waals surface area contributed by atoms with E-state index in [9.17, 15) is 4.79 Å². The molecule has 0 heterocycles. The molecule has 0 amide bonds. The molecule has 0 radical (unpaired) electrons. The highest BCUT2D eigenvalue weighted by molar-refractivity contribution is 5.85. The molecule has 5 heteroatoms. The number of hydrogen-bond acceptors (Lipinski definition) is 4. The molecule has 0 bridgehead atoms. The highest BCUT2D eigenvalue weighted by atomic mass is 35.5.